The molecule has 0 fully saturated rings. The van der Waals surface area contributed by atoms with Crippen LogP contribution < -0.4 is 16.4 Å². The molecule has 0 saturated carbocycles. The van der Waals surface area contributed by atoms with Crippen LogP contribution in [-0.2, 0) is 11.3 Å². The Labute approximate surface area is 98.8 Å². The number of carboxylic acid groups (broad SMARTS) is 1. The van der Waals surface area contributed by atoms with Crippen LogP contribution in [0.3, 0.4) is 0 Å². The minimum atomic E-state index is -1.11. The first-order chi connectivity index (χ1) is 7.99. The molecule has 0 aliphatic rings. The second-order valence-corrected chi connectivity index (χ2v) is 3.63. The Morgan fingerprint density at radius 2 is 1.94 bits per heavy atom. The quantitative estimate of drug-likeness (QED) is 0.619. The maximum atomic E-state index is 11.2. The van der Waals surface area contributed by atoms with Gasteiger partial charge in [0, 0.05) is 12.2 Å². The highest BCUT2D eigenvalue weighted by Gasteiger charge is 2.06. The maximum Gasteiger partial charge on any atom is 0.409 e. The number of rotatable bonds is 4. The van der Waals surface area contributed by atoms with Crippen molar-refractivity contribution in [2.45, 2.75) is 19.5 Å². The first-order valence-corrected chi connectivity index (χ1v) is 5.11. The largest absolute Gasteiger partial charge is 0.465 e. The Bertz CT molecular complexity index is 401. The van der Waals surface area contributed by atoms with Crippen LogP contribution in [0.25, 0.3) is 0 Å². The van der Waals surface area contributed by atoms with Crippen LogP contribution in [0, 0.1) is 0 Å². The number of carbonyl (C=O) groups is 2. The summed E-state index contributed by atoms with van der Waals surface area (Å²) in [7, 11) is 0. The molecule has 0 aromatic heterocycles. The Morgan fingerprint density at radius 3 is 2.41 bits per heavy atom. The lowest BCUT2D eigenvalue weighted by Crippen LogP contribution is -2.37. The van der Waals surface area contributed by atoms with Crippen LogP contribution in [0.5, 0.6) is 0 Å². The van der Waals surface area contributed by atoms with Gasteiger partial charge in [-0.05, 0) is 24.6 Å². The molecule has 6 nitrogen and oxygen atoms in total. The normalized spacial score (nSPS) is 11.6. The molecular formula is C11H15N3O3. The predicted octanol–water partition coefficient (Wildman–Crippen LogP) is 0.740. The molecule has 0 unspecified atom stereocenters. The predicted molar refractivity (Wildman–Crippen MR) is 63.6 cm³/mol. The summed E-state index contributed by atoms with van der Waals surface area (Å²) in [6.45, 7) is 1.98. The summed E-state index contributed by atoms with van der Waals surface area (Å²) in [5.41, 5.74) is 6.75. The Kier molecular flexibility index (Phi) is 4.47. The number of nitrogens with two attached hydrogens (primary N) is 1. The van der Waals surface area contributed by atoms with Gasteiger partial charge in [0.2, 0.25) is 5.91 Å². The van der Waals surface area contributed by atoms with Gasteiger partial charge < -0.3 is 16.2 Å². The molecule has 0 spiro atoms. The van der Waals surface area contributed by atoms with Crippen molar-refractivity contribution in [3.05, 3.63) is 29.8 Å². The Hall–Kier alpha value is -2.08. The van der Waals surface area contributed by atoms with Crippen molar-refractivity contribution in [3.63, 3.8) is 0 Å². The van der Waals surface area contributed by atoms with Gasteiger partial charge in [-0.1, -0.05) is 12.1 Å². The molecule has 2 amide bonds. The number of hydrogen-bond acceptors (Lipinski definition) is 3. The fourth-order valence-corrected chi connectivity index (χ4v) is 1.18. The molecule has 1 aromatic rings. The van der Waals surface area contributed by atoms with E-state index in [1.807, 2.05) is 0 Å². The van der Waals surface area contributed by atoms with Crippen LogP contribution in [0.2, 0.25) is 0 Å². The van der Waals surface area contributed by atoms with Gasteiger partial charge in [0.1, 0.15) is 0 Å². The summed E-state index contributed by atoms with van der Waals surface area (Å²) in [5.74, 6) is -0.224. The monoisotopic (exact) mass is 237 g/mol. The smallest absolute Gasteiger partial charge is 0.409 e. The molecule has 92 valence electrons. The molecule has 0 heterocycles. The van der Waals surface area contributed by atoms with Crippen molar-refractivity contribution in [2.24, 2.45) is 5.73 Å². The number of hydrogen-bond donors (Lipinski definition) is 4. The lowest BCUT2D eigenvalue weighted by atomic mass is 10.2. The van der Waals surface area contributed by atoms with E-state index < -0.39 is 12.1 Å². The molecule has 5 N–H and O–H groups in total. The van der Waals surface area contributed by atoms with E-state index in [1.54, 1.807) is 31.2 Å². The highest BCUT2D eigenvalue weighted by Crippen LogP contribution is 2.09. The van der Waals surface area contributed by atoms with Gasteiger partial charge in [-0.15, -0.1) is 0 Å². The van der Waals surface area contributed by atoms with E-state index in [4.69, 9.17) is 10.8 Å². The molecule has 0 saturated heterocycles. The third kappa shape index (κ3) is 4.52. The van der Waals surface area contributed by atoms with E-state index in [0.29, 0.717) is 12.2 Å². The highest BCUT2D eigenvalue weighted by atomic mass is 16.4. The second-order valence-electron chi connectivity index (χ2n) is 3.63. The van der Waals surface area contributed by atoms with Crippen molar-refractivity contribution in [1.82, 2.24) is 5.32 Å². The van der Waals surface area contributed by atoms with Crippen molar-refractivity contribution >= 4 is 17.7 Å². The maximum absolute atomic E-state index is 11.2. The molecule has 6 heteroatoms. The number of anilines is 1. The Morgan fingerprint density at radius 1 is 1.35 bits per heavy atom. The molecule has 0 aliphatic heterocycles. The third-order valence-corrected chi connectivity index (χ3v) is 2.09. The molecule has 0 aliphatic carbocycles. The summed E-state index contributed by atoms with van der Waals surface area (Å²) in [4.78, 5) is 21.6. The zero-order valence-corrected chi connectivity index (χ0v) is 9.43. The van der Waals surface area contributed by atoms with Gasteiger partial charge in [0.25, 0.3) is 0 Å². The molecule has 17 heavy (non-hydrogen) atoms. The third-order valence-electron chi connectivity index (χ3n) is 2.09. The van der Waals surface area contributed by atoms with Crippen molar-refractivity contribution in [1.29, 1.82) is 0 Å². The molecular weight excluding hydrogens is 222 g/mol. The van der Waals surface area contributed by atoms with Gasteiger partial charge in [0.05, 0.1) is 6.04 Å². The molecule has 0 radical (unpaired) electrons. The fraction of sp³-hybridized carbons (Fsp3) is 0.273. The lowest BCUT2D eigenvalue weighted by Gasteiger charge is -2.08. The number of benzene rings is 1. The lowest BCUT2D eigenvalue weighted by molar-refractivity contribution is -0.122. The van der Waals surface area contributed by atoms with Crippen LogP contribution in [0.1, 0.15) is 12.5 Å². The zero-order chi connectivity index (χ0) is 12.8. The second kappa shape index (κ2) is 5.86. The van der Waals surface area contributed by atoms with Gasteiger partial charge in [-0.3, -0.25) is 10.1 Å². The van der Waals surface area contributed by atoms with Crippen LogP contribution in [-0.4, -0.2) is 23.1 Å². The van der Waals surface area contributed by atoms with Crippen LogP contribution in [0.15, 0.2) is 24.3 Å². The first kappa shape index (κ1) is 13.0. The summed E-state index contributed by atoms with van der Waals surface area (Å²) >= 11 is 0. The summed E-state index contributed by atoms with van der Waals surface area (Å²) in [6, 6.07) is 6.17. The number of carbonyl (C=O) groups excluding carboxylic acids is 1. The van der Waals surface area contributed by atoms with E-state index >= 15 is 0 Å². The average Bonchev–Trinajstić information content (AvgIpc) is 2.26. The van der Waals surface area contributed by atoms with Gasteiger partial charge in [-0.2, -0.15) is 0 Å². The van der Waals surface area contributed by atoms with E-state index in [2.05, 4.69) is 10.6 Å². The highest BCUT2D eigenvalue weighted by molar-refractivity contribution is 5.83. The topological polar surface area (TPSA) is 104 Å². The van der Waals surface area contributed by atoms with E-state index in [1.165, 1.54) is 0 Å². The SMILES string of the molecule is C[C@H](N)C(=O)NCc1ccc(NC(=O)O)cc1. The first-order valence-electron chi connectivity index (χ1n) is 5.11. The van der Waals surface area contributed by atoms with Gasteiger partial charge in [-0.25, -0.2) is 4.79 Å². The van der Waals surface area contributed by atoms with E-state index in [-0.39, 0.29) is 5.91 Å². The summed E-state index contributed by atoms with van der Waals surface area (Å²) in [6.07, 6.45) is -1.11. The number of amides is 2. The van der Waals surface area contributed by atoms with Crippen LogP contribution in [0.4, 0.5) is 10.5 Å². The molecule has 1 aromatic carbocycles. The molecule has 1 rings (SSSR count). The van der Waals surface area contributed by atoms with Crippen LogP contribution >= 0.6 is 0 Å². The number of nitrogens with one attached hydrogen (secondary N) is 2. The average molecular weight is 237 g/mol. The fourth-order valence-electron chi connectivity index (χ4n) is 1.18. The minimum absolute atomic E-state index is 0.224. The summed E-state index contributed by atoms with van der Waals surface area (Å²) in [5, 5.41) is 13.4. The van der Waals surface area contributed by atoms with Gasteiger partial charge in [0.15, 0.2) is 0 Å². The Balaban J connectivity index is 2.51. The summed E-state index contributed by atoms with van der Waals surface area (Å²) < 4.78 is 0. The van der Waals surface area contributed by atoms with Crippen molar-refractivity contribution < 1.29 is 14.7 Å². The van der Waals surface area contributed by atoms with Gasteiger partial charge >= 0.3 is 6.09 Å². The van der Waals surface area contributed by atoms with E-state index in [9.17, 15) is 9.59 Å². The van der Waals surface area contributed by atoms with Crippen molar-refractivity contribution in [3.8, 4) is 0 Å². The van der Waals surface area contributed by atoms with Crippen molar-refractivity contribution in [2.75, 3.05) is 5.32 Å². The minimum Gasteiger partial charge on any atom is -0.465 e. The molecule has 0 bridgehead atoms. The van der Waals surface area contributed by atoms with E-state index in [0.717, 1.165) is 5.56 Å². The molecule has 1 atom stereocenters. The standard InChI is InChI=1S/C11H15N3O3/c1-7(12)10(15)13-6-8-2-4-9(5-3-8)14-11(16)17/h2-5,7,14H,6,12H2,1H3,(H,13,15)(H,16,17)/t7-/m0/s1. The zero-order valence-electron chi connectivity index (χ0n) is 9.43.